The van der Waals surface area contributed by atoms with Crippen LogP contribution in [0.1, 0.15) is 31.8 Å². The average Bonchev–Trinajstić information content (AvgIpc) is 3.44. The van der Waals surface area contributed by atoms with Gasteiger partial charge in [0.25, 0.3) is 17.4 Å². The number of nitrogens with zero attached hydrogens (tertiary/aromatic N) is 3. The van der Waals surface area contributed by atoms with Crippen molar-refractivity contribution in [2.45, 2.75) is 20.0 Å². The number of aliphatic hydroxyl groups is 1. The van der Waals surface area contributed by atoms with Gasteiger partial charge in [-0.25, -0.2) is 4.98 Å². The zero-order valence-corrected chi connectivity index (χ0v) is 24.4. The van der Waals surface area contributed by atoms with Gasteiger partial charge in [-0.15, -0.1) is 0 Å². The van der Waals surface area contributed by atoms with Gasteiger partial charge in [-0.3, -0.25) is 19.3 Å². The highest BCUT2D eigenvalue weighted by Gasteiger charge is 2.39. The van der Waals surface area contributed by atoms with Crippen LogP contribution in [0.25, 0.3) is 22.4 Å². The monoisotopic (exact) mass is 592 g/mol. The fourth-order valence-electron chi connectivity index (χ4n) is 5.17. The topological polar surface area (TPSA) is 158 Å². The molecular weight excluding hydrogens is 560 g/mol. The van der Waals surface area contributed by atoms with E-state index in [4.69, 9.17) is 22.1 Å². The number of aromatic amines is 2. The van der Waals surface area contributed by atoms with Gasteiger partial charge in [-0.2, -0.15) is 0 Å². The number of carbonyl (C=O) groups is 2. The minimum atomic E-state index is -0.587. The van der Waals surface area contributed by atoms with Gasteiger partial charge in [0, 0.05) is 38.3 Å². The van der Waals surface area contributed by atoms with Gasteiger partial charge >= 0.3 is 0 Å². The molecule has 2 aliphatic heterocycles. The summed E-state index contributed by atoms with van der Waals surface area (Å²) >= 11 is 6.14. The fourth-order valence-corrected chi connectivity index (χ4v) is 5.41. The molecule has 1 atom stereocenters. The van der Waals surface area contributed by atoms with Crippen molar-refractivity contribution in [3.05, 3.63) is 80.2 Å². The van der Waals surface area contributed by atoms with Gasteiger partial charge in [0.05, 0.1) is 27.2 Å². The van der Waals surface area contributed by atoms with Crippen LogP contribution in [-0.4, -0.2) is 87.6 Å². The van der Waals surface area contributed by atoms with Crippen LogP contribution >= 0.6 is 11.6 Å². The number of fused-ring (bicyclic) bond motifs is 2. The Kier molecular flexibility index (Phi) is 8.46. The molecule has 2 aliphatic rings. The lowest BCUT2D eigenvalue weighted by Gasteiger charge is -2.37. The SMILES string of the molecule is CN1CC(CN2C(=O)c3cc4nc(-c5c(Cl)cc[nH]c5=O)[nH]c4cc3C2=O)C1.Cc1ccc(OC[C@H](O)CN)c(C)c1. The molecule has 0 aliphatic carbocycles. The van der Waals surface area contributed by atoms with Crippen LogP contribution in [0.3, 0.4) is 0 Å². The molecule has 0 radical (unpaired) electrons. The number of ether oxygens (including phenoxy) is 1. The van der Waals surface area contributed by atoms with E-state index in [1.54, 1.807) is 18.2 Å². The summed E-state index contributed by atoms with van der Waals surface area (Å²) in [5, 5.41) is 9.48. The maximum absolute atomic E-state index is 12.8. The largest absolute Gasteiger partial charge is 0.491 e. The summed E-state index contributed by atoms with van der Waals surface area (Å²) < 4.78 is 5.41. The summed E-state index contributed by atoms with van der Waals surface area (Å²) in [6.45, 7) is 6.68. The van der Waals surface area contributed by atoms with E-state index in [1.165, 1.54) is 16.7 Å². The van der Waals surface area contributed by atoms with Crippen LogP contribution in [0.5, 0.6) is 5.75 Å². The third kappa shape index (κ3) is 5.95. The molecule has 5 N–H and O–H groups in total. The van der Waals surface area contributed by atoms with Crippen molar-refractivity contribution in [3.8, 4) is 17.1 Å². The van der Waals surface area contributed by atoms with Gasteiger partial charge in [0.15, 0.2) is 0 Å². The second-order valence-corrected chi connectivity index (χ2v) is 11.2. The predicted octanol–water partition coefficient (Wildman–Crippen LogP) is 2.73. The molecule has 2 aromatic carbocycles. The van der Waals surface area contributed by atoms with Crippen LogP contribution in [0.2, 0.25) is 5.02 Å². The summed E-state index contributed by atoms with van der Waals surface area (Å²) in [4.78, 5) is 51.1. The molecular formula is C30H33ClN6O5. The molecule has 0 saturated carbocycles. The Bertz CT molecular complexity index is 1660. The van der Waals surface area contributed by atoms with Crippen molar-refractivity contribution in [1.82, 2.24) is 24.8 Å². The number of carbonyl (C=O) groups excluding carboxylic acids is 2. The molecule has 12 heteroatoms. The Morgan fingerprint density at radius 1 is 1.12 bits per heavy atom. The highest BCUT2D eigenvalue weighted by Crippen LogP contribution is 2.31. The number of hydrogen-bond acceptors (Lipinski definition) is 8. The van der Waals surface area contributed by atoms with Crippen molar-refractivity contribution in [2.75, 3.05) is 39.8 Å². The Balaban J connectivity index is 0.000000214. The number of benzene rings is 2. The molecule has 42 heavy (non-hydrogen) atoms. The number of imide groups is 1. The van der Waals surface area contributed by atoms with E-state index in [2.05, 4.69) is 19.9 Å². The summed E-state index contributed by atoms with van der Waals surface area (Å²) in [6.07, 6.45) is 0.868. The summed E-state index contributed by atoms with van der Waals surface area (Å²) in [5.74, 6) is 0.830. The van der Waals surface area contributed by atoms with E-state index < -0.39 is 6.10 Å². The van der Waals surface area contributed by atoms with Crippen LogP contribution in [0.4, 0.5) is 0 Å². The van der Waals surface area contributed by atoms with Crippen LogP contribution in [-0.2, 0) is 0 Å². The van der Waals surface area contributed by atoms with Gasteiger partial charge in [0.2, 0.25) is 0 Å². The number of H-pyrrole nitrogens is 2. The number of amides is 2. The van der Waals surface area contributed by atoms with Gasteiger partial charge in [0.1, 0.15) is 29.8 Å². The molecule has 2 aromatic heterocycles. The number of pyridine rings is 1. The van der Waals surface area contributed by atoms with Gasteiger partial charge in [-0.1, -0.05) is 29.3 Å². The standard InChI is InChI=1S/C19H16ClN5O3.C11H17NO2/c1-24-6-9(7-24)8-25-18(27)10-4-13-14(5-11(10)19(25)28)23-16(22-13)15-12(20)2-3-21-17(15)26;1-8-3-4-11(9(2)5-8)14-7-10(13)6-12/h2-5,9H,6-8H2,1H3,(H,21,26)(H,22,23);3-5,10,13H,6-7,12H2,1-2H3/t;10-/m.1/s1. The first kappa shape index (κ1) is 29.5. The van der Waals surface area contributed by atoms with Crippen molar-refractivity contribution >= 4 is 34.4 Å². The second-order valence-electron chi connectivity index (χ2n) is 10.8. The number of nitrogens with one attached hydrogen (secondary N) is 2. The highest BCUT2D eigenvalue weighted by atomic mass is 35.5. The van der Waals surface area contributed by atoms with E-state index in [0.29, 0.717) is 40.4 Å². The first-order valence-corrected chi connectivity index (χ1v) is 14.0. The molecule has 4 aromatic rings. The van der Waals surface area contributed by atoms with E-state index in [1.807, 2.05) is 39.1 Å². The lowest BCUT2D eigenvalue weighted by atomic mass is 10.0. The van der Waals surface area contributed by atoms with Crippen molar-refractivity contribution in [1.29, 1.82) is 0 Å². The molecule has 220 valence electrons. The molecule has 1 fully saturated rings. The third-order valence-electron chi connectivity index (χ3n) is 7.33. The van der Waals surface area contributed by atoms with Gasteiger partial charge in [-0.05, 0) is 50.7 Å². The van der Waals surface area contributed by atoms with Crippen LogP contribution in [0, 0.1) is 19.8 Å². The van der Waals surface area contributed by atoms with Crippen LogP contribution < -0.4 is 16.0 Å². The maximum atomic E-state index is 12.8. The van der Waals surface area contributed by atoms with E-state index in [0.717, 1.165) is 24.4 Å². The fraction of sp³-hybridized carbons (Fsp3) is 0.333. The first-order valence-electron chi connectivity index (χ1n) is 13.6. The van der Waals surface area contributed by atoms with Crippen molar-refractivity contribution in [2.24, 2.45) is 11.7 Å². The number of aliphatic hydroxyl groups excluding tert-OH is 1. The number of aromatic nitrogens is 3. The van der Waals surface area contributed by atoms with Crippen LogP contribution in [0.15, 0.2) is 47.4 Å². The molecule has 0 bridgehead atoms. The maximum Gasteiger partial charge on any atom is 0.261 e. The molecule has 2 amide bonds. The van der Waals surface area contributed by atoms with Crippen molar-refractivity contribution in [3.63, 3.8) is 0 Å². The number of rotatable bonds is 7. The molecule has 0 spiro atoms. The zero-order valence-electron chi connectivity index (χ0n) is 23.6. The summed E-state index contributed by atoms with van der Waals surface area (Å²) in [7, 11) is 2.01. The minimum absolute atomic E-state index is 0.217. The van der Waals surface area contributed by atoms with E-state index >= 15 is 0 Å². The lowest BCUT2D eigenvalue weighted by Crippen LogP contribution is -2.50. The van der Waals surface area contributed by atoms with E-state index in [-0.39, 0.29) is 41.1 Å². The number of aryl methyl sites for hydroxylation is 2. The number of halogens is 1. The van der Waals surface area contributed by atoms with Crippen molar-refractivity contribution < 1.29 is 19.4 Å². The Morgan fingerprint density at radius 3 is 2.48 bits per heavy atom. The summed E-state index contributed by atoms with van der Waals surface area (Å²) in [6, 6.07) is 10.7. The second kappa shape index (κ2) is 12.1. The lowest BCUT2D eigenvalue weighted by molar-refractivity contribution is 0.0519. The zero-order chi connectivity index (χ0) is 30.1. The Labute approximate surface area is 247 Å². The smallest absolute Gasteiger partial charge is 0.261 e. The number of imidazole rings is 1. The van der Waals surface area contributed by atoms with E-state index in [9.17, 15) is 19.5 Å². The molecule has 6 rings (SSSR count). The average molecular weight is 593 g/mol. The Morgan fingerprint density at radius 2 is 1.83 bits per heavy atom. The first-order chi connectivity index (χ1) is 20.0. The number of likely N-dealkylation sites (tertiary alicyclic amines) is 1. The molecule has 1 saturated heterocycles. The summed E-state index contributed by atoms with van der Waals surface area (Å²) in [5.41, 5.74) is 9.16. The number of hydrogen-bond donors (Lipinski definition) is 4. The Hall–Kier alpha value is -4.03. The molecule has 0 unspecified atom stereocenters. The van der Waals surface area contributed by atoms with Gasteiger partial charge < -0.3 is 30.4 Å². The predicted molar refractivity (Wildman–Crippen MR) is 160 cm³/mol. The molecule has 4 heterocycles. The normalized spacial score (nSPS) is 15.8. The third-order valence-corrected chi connectivity index (χ3v) is 7.65. The minimum Gasteiger partial charge on any atom is -0.491 e. The molecule has 11 nitrogen and oxygen atoms in total. The highest BCUT2D eigenvalue weighted by molar-refractivity contribution is 6.33. The number of nitrogens with two attached hydrogens (primary N) is 1. The quantitative estimate of drug-likeness (QED) is 0.239.